The Bertz CT molecular complexity index is 420. The minimum atomic E-state index is -0.975. The largest absolute Gasteiger partial charge is 0.477 e. The zero-order valence-electron chi connectivity index (χ0n) is 10.3. The molecule has 0 unspecified atom stereocenters. The lowest BCUT2D eigenvalue weighted by Gasteiger charge is -2.11. The molecule has 0 spiro atoms. The van der Waals surface area contributed by atoms with E-state index in [9.17, 15) is 4.79 Å². The molecule has 0 aliphatic heterocycles. The van der Waals surface area contributed by atoms with Crippen LogP contribution < -0.4 is 4.74 Å². The molecular formula is C12H18N2O3. The van der Waals surface area contributed by atoms with Gasteiger partial charge in [0, 0.05) is 7.05 Å². The smallest absolute Gasteiger partial charge is 0.343 e. The Morgan fingerprint density at radius 1 is 1.53 bits per heavy atom. The summed E-state index contributed by atoms with van der Waals surface area (Å²) in [5.74, 6) is -0.0363. The predicted molar refractivity (Wildman–Crippen MR) is 62.4 cm³/mol. The molecule has 0 radical (unpaired) electrons. The first-order chi connectivity index (χ1) is 8.09. The predicted octanol–water partition coefficient (Wildman–Crippen LogP) is 2.00. The van der Waals surface area contributed by atoms with Gasteiger partial charge in [-0.1, -0.05) is 12.8 Å². The number of rotatable bonds is 4. The summed E-state index contributed by atoms with van der Waals surface area (Å²) in [6.07, 6.45) is 4.87. The molecule has 1 saturated carbocycles. The number of hydrogen-bond acceptors (Lipinski definition) is 3. The number of aryl methyl sites for hydroxylation is 2. The van der Waals surface area contributed by atoms with E-state index in [1.807, 2.05) is 0 Å². The second-order valence-corrected chi connectivity index (χ2v) is 4.66. The van der Waals surface area contributed by atoms with Crippen LogP contribution in [0.5, 0.6) is 5.88 Å². The SMILES string of the molecule is Cc1nn(C)c(OCC2CCCC2)c1C(=O)O. The molecule has 5 nitrogen and oxygen atoms in total. The second-order valence-electron chi connectivity index (χ2n) is 4.66. The summed E-state index contributed by atoms with van der Waals surface area (Å²) >= 11 is 0. The van der Waals surface area contributed by atoms with Gasteiger partial charge in [-0.15, -0.1) is 0 Å². The van der Waals surface area contributed by atoms with Gasteiger partial charge in [-0.25, -0.2) is 9.48 Å². The van der Waals surface area contributed by atoms with E-state index in [2.05, 4.69) is 5.10 Å². The minimum Gasteiger partial charge on any atom is -0.477 e. The van der Waals surface area contributed by atoms with E-state index in [0.29, 0.717) is 24.1 Å². The van der Waals surface area contributed by atoms with Gasteiger partial charge in [-0.3, -0.25) is 0 Å². The number of nitrogens with zero attached hydrogens (tertiary/aromatic N) is 2. The van der Waals surface area contributed by atoms with Crippen molar-refractivity contribution in [2.45, 2.75) is 32.6 Å². The molecule has 2 rings (SSSR count). The van der Waals surface area contributed by atoms with Gasteiger partial charge >= 0.3 is 5.97 Å². The molecule has 1 aromatic rings. The number of aromatic carboxylic acids is 1. The van der Waals surface area contributed by atoms with Crippen LogP contribution in [-0.4, -0.2) is 27.5 Å². The molecule has 94 valence electrons. The van der Waals surface area contributed by atoms with Crippen LogP contribution in [0.3, 0.4) is 0 Å². The molecule has 1 fully saturated rings. The summed E-state index contributed by atoms with van der Waals surface area (Å²) < 4.78 is 7.16. The number of ether oxygens (including phenoxy) is 1. The average Bonchev–Trinajstić information content (AvgIpc) is 2.83. The number of carboxylic acids is 1. The van der Waals surface area contributed by atoms with Crippen molar-refractivity contribution in [3.8, 4) is 5.88 Å². The van der Waals surface area contributed by atoms with Gasteiger partial charge in [-0.2, -0.15) is 5.10 Å². The molecule has 1 aromatic heterocycles. The van der Waals surface area contributed by atoms with Crippen LogP contribution in [0.4, 0.5) is 0 Å². The second kappa shape index (κ2) is 4.77. The first-order valence-corrected chi connectivity index (χ1v) is 5.99. The summed E-state index contributed by atoms with van der Waals surface area (Å²) in [4.78, 5) is 11.1. The Morgan fingerprint density at radius 2 is 2.18 bits per heavy atom. The molecule has 0 amide bonds. The minimum absolute atomic E-state index is 0.186. The van der Waals surface area contributed by atoms with Crippen molar-refractivity contribution < 1.29 is 14.6 Å². The van der Waals surface area contributed by atoms with Crippen molar-refractivity contribution in [3.63, 3.8) is 0 Å². The van der Waals surface area contributed by atoms with E-state index in [1.54, 1.807) is 14.0 Å². The van der Waals surface area contributed by atoms with Crippen molar-refractivity contribution in [3.05, 3.63) is 11.3 Å². The Kier molecular flexibility index (Phi) is 3.36. The average molecular weight is 238 g/mol. The van der Waals surface area contributed by atoms with Crippen LogP contribution in [0, 0.1) is 12.8 Å². The summed E-state index contributed by atoms with van der Waals surface area (Å²) in [6, 6.07) is 0. The normalized spacial score (nSPS) is 16.4. The van der Waals surface area contributed by atoms with E-state index in [-0.39, 0.29) is 5.56 Å². The van der Waals surface area contributed by atoms with E-state index in [0.717, 1.165) is 0 Å². The molecule has 1 aliphatic rings. The highest BCUT2D eigenvalue weighted by Gasteiger charge is 2.23. The van der Waals surface area contributed by atoms with E-state index < -0.39 is 5.97 Å². The van der Waals surface area contributed by atoms with Crippen LogP contribution in [0.1, 0.15) is 41.7 Å². The van der Waals surface area contributed by atoms with Gasteiger partial charge in [0.1, 0.15) is 5.56 Å². The zero-order chi connectivity index (χ0) is 12.4. The van der Waals surface area contributed by atoms with Gasteiger partial charge in [0.15, 0.2) is 0 Å². The number of hydrogen-bond donors (Lipinski definition) is 1. The highest BCUT2D eigenvalue weighted by atomic mass is 16.5. The zero-order valence-corrected chi connectivity index (χ0v) is 10.3. The van der Waals surface area contributed by atoms with E-state index >= 15 is 0 Å². The lowest BCUT2D eigenvalue weighted by Crippen LogP contribution is -2.12. The molecule has 0 saturated heterocycles. The van der Waals surface area contributed by atoms with Crippen LogP contribution in [0.15, 0.2) is 0 Å². The molecule has 0 bridgehead atoms. The highest BCUT2D eigenvalue weighted by Crippen LogP contribution is 2.27. The summed E-state index contributed by atoms with van der Waals surface area (Å²) in [5, 5.41) is 13.2. The maximum absolute atomic E-state index is 11.1. The number of carbonyl (C=O) groups is 1. The summed E-state index contributed by atoms with van der Waals surface area (Å²) in [5.41, 5.74) is 0.687. The van der Waals surface area contributed by atoms with Crippen molar-refractivity contribution in [2.75, 3.05) is 6.61 Å². The third-order valence-electron chi connectivity index (χ3n) is 3.31. The fourth-order valence-electron chi connectivity index (χ4n) is 2.42. The molecule has 1 heterocycles. The third-order valence-corrected chi connectivity index (χ3v) is 3.31. The Labute approximate surface area is 100 Å². The van der Waals surface area contributed by atoms with Crippen LogP contribution >= 0.6 is 0 Å². The summed E-state index contributed by atoms with van der Waals surface area (Å²) in [6.45, 7) is 2.28. The third kappa shape index (κ3) is 2.43. The van der Waals surface area contributed by atoms with Gasteiger partial charge in [0.2, 0.25) is 5.88 Å². The summed E-state index contributed by atoms with van der Waals surface area (Å²) in [7, 11) is 1.71. The van der Waals surface area contributed by atoms with E-state index in [4.69, 9.17) is 9.84 Å². The van der Waals surface area contributed by atoms with Crippen molar-refractivity contribution in [1.82, 2.24) is 9.78 Å². The van der Waals surface area contributed by atoms with Gasteiger partial charge in [-0.05, 0) is 25.7 Å². The van der Waals surface area contributed by atoms with E-state index in [1.165, 1.54) is 30.4 Å². The first-order valence-electron chi connectivity index (χ1n) is 5.99. The standard InChI is InChI=1S/C12H18N2O3/c1-8-10(12(15)16)11(14(2)13-8)17-7-9-5-3-4-6-9/h9H,3-7H2,1-2H3,(H,15,16). The monoisotopic (exact) mass is 238 g/mol. The van der Waals surface area contributed by atoms with Crippen LogP contribution in [0.25, 0.3) is 0 Å². The maximum atomic E-state index is 11.1. The Hall–Kier alpha value is -1.52. The molecule has 5 heteroatoms. The Balaban J connectivity index is 2.11. The topological polar surface area (TPSA) is 64.4 Å². The molecule has 0 atom stereocenters. The van der Waals surface area contributed by atoms with Gasteiger partial charge in [0.05, 0.1) is 12.3 Å². The highest BCUT2D eigenvalue weighted by molar-refractivity contribution is 5.91. The van der Waals surface area contributed by atoms with Crippen molar-refractivity contribution >= 4 is 5.97 Å². The maximum Gasteiger partial charge on any atom is 0.343 e. The van der Waals surface area contributed by atoms with Crippen LogP contribution in [0.2, 0.25) is 0 Å². The van der Waals surface area contributed by atoms with Crippen molar-refractivity contribution in [2.24, 2.45) is 13.0 Å². The van der Waals surface area contributed by atoms with Crippen molar-refractivity contribution in [1.29, 1.82) is 0 Å². The first kappa shape index (κ1) is 12.0. The molecule has 1 aliphatic carbocycles. The lowest BCUT2D eigenvalue weighted by molar-refractivity contribution is 0.0689. The molecule has 0 aromatic carbocycles. The molecule has 17 heavy (non-hydrogen) atoms. The van der Waals surface area contributed by atoms with Gasteiger partial charge < -0.3 is 9.84 Å². The fraction of sp³-hybridized carbons (Fsp3) is 0.667. The number of aromatic nitrogens is 2. The molecule has 1 N–H and O–H groups in total. The lowest BCUT2D eigenvalue weighted by atomic mass is 10.1. The Morgan fingerprint density at radius 3 is 2.76 bits per heavy atom. The fourth-order valence-corrected chi connectivity index (χ4v) is 2.42. The van der Waals surface area contributed by atoms with Gasteiger partial charge in [0.25, 0.3) is 0 Å². The quantitative estimate of drug-likeness (QED) is 0.871. The van der Waals surface area contributed by atoms with Crippen LogP contribution in [-0.2, 0) is 7.05 Å². The molecular weight excluding hydrogens is 220 g/mol. The number of carboxylic acid groups (broad SMARTS) is 1.